The standard InChI is InChI=1S/C22H28N6O4/c1-4-23-21(31)17-15(29)16(30)22(32-17)28-11-25-14-19(24-10-13-8-6-5-7-9-13)26-18(12(2)3)27-20(14)28/h5-9,11-12,15-17,22,29-30H,4,10H2,1-3H3,(H,23,31)(H,24,26,27)/t15?,16?,17-,22?/m1/s1. The summed E-state index contributed by atoms with van der Waals surface area (Å²) in [6.45, 7) is 6.68. The molecule has 10 nitrogen and oxygen atoms in total. The second kappa shape index (κ2) is 9.19. The monoisotopic (exact) mass is 440 g/mol. The first kappa shape index (κ1) is 22.1. The van der Waals surface area contributed by atoms with Gasteiger partial charge in [0.1, 0.15) is 18.0 Å². The number of likely N-dealkylation sites (N-methyl/N-ethyl adjacent to an activating group) is 1. The molecule has 3 unspecified atom stereocenters. The molecular weight excluding hydrogens is 412 g/mol. The van der Waals surface area contributed by atoms with Crippen LogP contribution in [0.5, 0.6) is 0 Å². The van der Waals surface area contributed by atoms with Gasteiger partial charge in [0.05, 0.1) is 6.33 Å². The first-order valence-corrected chi connectivity index (χ1v) is 10.7. The number of nitrogens with zero attached hydrogens (tertiary/aromatic N) is 4. The summed E-state index contributed by atoms with van der Waals surface area (Å²) in [6, 6.07) is 9.92. The second-order valence-electron chi connectivity index (χ2n) is 8.07. The second-order valence-corrected chi connectivity index (χ2v) is 8.07. The Hall–Kier alpha value is -3.08. The van der Waals surface area contributed by atoms with Crippen LogP contribution in [0.3, 0.4) is 0 Å². The number of hydrogen-bond donors (Lipinski definition) is 4. The van der Waals surface area contributed by atoms with E-state index in [0.29, 0.717) is 35.9 Å². The molecule has 32 heavy (non-hydrogen) atoms. The molecule has 0 spiro atoms. The smallest absolute Gasteiger partial charge is 0.252 e. The van der Waals surface area contributed by atoms with Gasteiger partial charge in [-0.1, -0.05) is 44.2 Å². The van der Waals surface area contributed by atoms with E-state index < -0.39 is 30.4 Å². The van der Waals surface area contributed by atoms with E-state index in [0.717, 1.165) is 5.56 Å². The maximum atomic E-state index is 12.2. The number of imidazole rings is 1. The highest BCUT2D eigenvalue weighted by Gasteiger charge is 2.47. The fourth-order valence-corrected chi connectivity index (χ4v) is 3.66. The average Bonchev–Trinajstić information content (AvgIpc) is 3.34. The molecule has 1 aliphatic rings. The number of ether oxygens (including phenoxy) is 1. The van der Waals surface area contributed by atoms with Gasteiger partial charge in [0.15, 0.2) is 29.3 Å². The van der Waals surface area contributed by atoms with Crippen LogP contribution in [0.4, 0.5) is 5.82 Å². The quantitative estimate of drug-likeness (QED) is 0.432. The van der Waals surface area contributed by atoms with Gasteiger partial charge in [-0.3, -0.25) is 9.36 Å². The van der Waals surface area contributed by atoms with E-state index in [1.54, 1.807) is 11.5 Å². The van der Waals surface area contributed by atoms with Gasteiger partial charge in [-0.25, -0.2) is 15.0 Å². The van der Waals surface area contributed by atoms with Crippen LogP contribution in [0, 0.1) is 0 Å². The summed E-state index contributed by atoms with van der Waals surface area (Å²) in [5.74, 6) is 0.731. The Morgan fingerprint density at radius 3 is 2.62 bits per heavy atom. The maximum Gasteiger partial charge on any atom is 0.252 e. The van der Waals surface area contributed by atoms with Gasteiger partial charge in [-0.2, -0.15) is 0 Å². The van der Waals surface area contributed by atoms with E-state index in [4.69, 9.17) is 4.74 Å². The van der Waals surface area contributed by atoms with E-state index in [9.17, 15) is 15.0 Å². The molecule has 0 bridgehead atoms. The minimum atomic E-state index is -1.37. The minimum absolute atomic E-state index is 0.0446. The van der Waals surface area contributed by atoms with Crippen molar-refractivity contribution in [2.75, 3.05) is 11.9 Å². The van der Waals surface area contributed by atoms with Crippen LogP contribution in [0.2, 0.25) is 0 Å². The van der Waals surface area contributed by atoms with Crippen molar-refractivity contribution >= 4 is 22.9 Å². The molecule has 1 fully saturated rings. The molecule has 2 aromatic heterocycles. The van der Waals surface area contributed by atoms with Gasteiger partial charge in [0.25, 0.3) is 5.91 Å². The Labute approximate surface area is 185 Å². The fourth-order valence-electron chi connectivity index (χ4n) is 3.66. The number of benzene rings is 1. The van der Waals surface area contributed by atoms with Crippen LogP contribution in [0.25, 0.3) is 11.2 Å². The van der Waals surface area contributed by atoms with E-state index in [2.05, 4.69) is 25.6 Å². The summed E-state index contributed by atoms with van der Waals surface area (Å²) in [6.07, 6.45) is -3.41. The number of anilines is 1. The SMILES string of the molecule is CCNC(=O)[C@@H]1OC(n2cnc3c(NCc4ccccc4)nc(C(C)C)nc32)C(O)C1O. The first-order valence-electron chi connectivity index (χ1n) is 10.7. The van der Waals surface area contributed by atoms with Gasteiger partial charge >= 0.3 is 0 Å². The Morgan fingerprint density at radius 2 is 1.94 bits per heavy atom. The lowest BCUT2D eigenvalue weighted by Gasteiger charge is -2.17. The number of hydrogen-bond acceptors (Lipinski definition) is 8. The zero-order valence-electron chi connectivity index (χ0n) is 18.3. The Morgan fingerprint density at radius 1 is 1.19 bits per heavy atom. The van der Waals surface area contributed by atoms with E-state index in [-0.39, 0.29) is 5.92 Å². The van der Waals surface area contributed by atoms with Crippen molar-refractivity contribution in [1.29, 1.82) is 0 Å². The summed E-state index contributed by atoms with van der Waals surface area (Å²) in [4.78, 5) is 26.0. The van der Waals surface area contributed by atoms with E-state index in [1.165, 1.54) is 6.33 Å². The Kier molecular flexibility index (Phi) is 6.35. The molecule has 3 heterocycles. The number of aliphatic hydroxyl groups excluding tert-OH is 2. The molecule has 0 saturated carbocycles. The molecule has 3 aromatic rings. The molecule has 1 aliphatic heterocycles. The topological polar surface area (TPSA) is 134 Å². The Balaban J connectivity index is 1.69. The van der Waals surface area contributed by atoms with Crippen molar-refractivity contribution in [2.24, 2.45) is 0 Å². The van der Waals surface area contributed by atoms with Crippen molar-refractivity contribution < 1.29 is 19.7 Å². The van der Waals surface area contributed by atoms with Crippen molar-refractivity contribution in [3.05, 3.63) is 48.0 Å². The van der Waals surface area contributed by atoms with Crippen LogP contribution in [-0.4, -0.2) is 60.5 Å². The van der Waals surface area contributed by atoms with Gasteiger partial charge in [-0.15, -0.1) is 0 Å². The summed E-state index contributed by atoms with van der Waals surface area (Å²) in [7, 11) is 0. The van der Waals surface area contributed by atoms with E-state index >= 15 is 0 Å². The molecule has 4 N–H and O–H groups in total. The van der Waals surface area contributed by atoms with Crippen molar-refractivity contribution in [3.63, 3.8) is 0 Å². The van der Waals surface area contributed by atoms with Crippen molar-refractivity contribution in [3.8, 4) is 0 Å². The molecule has 1 saturated heterocycles. The molecule has 170 valence electrons. The first-order chi connectivity index (χ1) is 15.4. The van der Waals surface area contributed by atoms with E-state index in [1.807, 2.05) is 44.2 Å². The molecule has 0 aliphatic carbocycles. The molecule has 4 atom stereocenters. The predicted molar refractivity (Wildman–Crippen MR) is 118 cm³/mol. The molecule has 1 aromatic carbocycles. The number of carbonyl (C=O) groups is 1. The lowest BCUT2D eigenvalue weighted by molar-refractivity contribution is -0.137. The largest absolute Gasteiger partial charge is 0.387 e. The summed E-state index contributed by atoms with van der Waals surface area (Å²) < 4.78 is 7.30. The summed E-state index contributed by atoms with van der Waals surface area (Å²) in [5.41, 5.74) is 2.05. The number of fused-ring (bicyclic) bond motifs is 1. The van der Waals surface area contributed by atoms with Gasteiger partial charge in [0.2, 0.25) is 0 Å². The van der Waals surface area contributed by atoms with Crippen LogP contribution in [-0.2, 0) is 16.1 Å². The average molecular weight is 441 g/mol. The maximum absolute atomic E-state index is 12.2. The number of nitrogens with one attached hydrogen (secondary N) is 2. The lowest BCUT2D eigenvalue weighted by atomic mass is 10.1. The highest BCUT2D eigenvalue weighted by Crippen LogP contribution is 2.33. The third kappa shape index (κ3) is 4.16. The molecule has 0 radical (unpaired) electrons. The number of amides is 1. The van der Waals surface area contributed by atoms with Crippen molar-refractivity contribution in [2.45, 2.75) is 57.8 Å². The summed E-state index contributed by atoms with van der Waals surface area (Å²) in [5, 5.41) is 26.9. The van der Waals surface area contributed by atoms with Gasteiger partial charge in [-0.05, 0) is 12.5 Å². The Bertz CT molecular complexity index is 1090. The third-order valence-corrected chi connectivity index (χ3v) is 5.38. The normalized spacial score (nSPS) is 23.1. The van der Waals surface area contributed by atoms with Gasteiger partial charge in [0, 0.05) is 19.0 Å². The predicted octanol–water partition coefficient (Wildman–Crippen LogP) is 1.32. The third-order valence-electron chi connectivity index (χ3n) is 5.38. The highest BCUT2D eigenvalue weighted by atomic mass is 16.6. The minimum Gasteiger partial charge on any atom is -0.387 e. The molecule has 4 rings (SSSR count). The number of carbonyl (C=O) groups excluding carboxylic acids is 1. The molecule has 1 amide bonds. The number of rotatable bonds is 7. The molecular formula is C22H28N6O4. The van der Waals surface area contributed by atoms with Crippen LogP contribution in [0.15, 0.2) is 36.7 Å². The molecule has 10 heteroatoms. The van der Waals surface area contributed by atoms with Crippen molar-refractivity contribution in [1.82, 2.24) is 24.8 Å². The highest BCUT2D eigenvalue weighted by molar-refractivity contribution is 5.84. The summed E-state index contributed by atoms with van der Waals surface area (Å²) >= 11 is 0. The lowest BCUT2D eigenvalue weighted by Crippen LogP contribution is -2.42. The van der Waals surface area contributed by atoms with Gasteiger partial charge < -0.3 is 25.6 Å². The van der Waals surface area contributed by atoms with Crippen LogP contribution < -0.4 is 10.6 Å². The van der Waals surface area contributed by atoms with Crippen LogP contribution in [0.1, 0.15) is 44.3 Å². The zero-order valence-corrected chi connectivity index (χ0v) is 18.3. The fraction of sp³-hybridized carbons (Fsp3) is 0.455. The van der Waals surface area contributed by atoms with Crippen LogP contribution >= 0.6 is 0 Å². The number of aliphatic hydroxyl groups is 2. The zero-order chi connectivity index (χ0) is 22.8. The number of aromatic nitrogens is 4.